The zero-order valence-corrected chi connectivity index (χ0v) is 10.4. The Bertz CT molecular complexity index is 289. The Morgan fingerprint density at radius 2 is 1.88 bits per heavy atom. The molecule has 1 radical (unpaired) electrons. The van der Waals surface area contributed by atoms with Crippen molar-refractivity contribution in [1.29, 1.82) is 0 Å². The largest absolute Gasteiger partial charge is 0.461 e. The maximum atomic E-state index is 11.7. The van der Waals surface area contributed by atoms with E-state index >= 15 is 0 Å². The van der Waals surface area contributed by atoms with Gasteiger partial charge in [0.2, 0.25) is 11.8 Å². The summed E-state index contributed by atoms with van der Waals surface area (Å²) in [5, 5.41) is 4.91. The molecule has 0 aliphatic rings. The summed E-state index contributed by atoms with van der Waals surface area (Å²) in [5.41, 5.74) is 0. The number of hydrogen-bond acceptors (Lipinski definition) is 4. The van der Waals surface area contributed by atoms with E-state index < -0.39 is 17.9 Å². The second-order valence-electron chi connectivity index (χ2n) is 4.12. The van der Waals surface area contributed by atoms with Gasteiger partial charge in [0.1, 0.15) is 19.7 Å². The third kappa shape index (κ3) is 7.32. The third-order valence-corrected chi connectivity index (χ3v) is 1.97. The van der Waals surface area contributed by atoms with E-state index in [4.69, 9.17) is 0 Å². The summed E-state index contributed by atoms with van der Waals surface area (Å²) in [7, 11) is 2.93. The van der Waals surface area contributed by atoms with Gasteiger partial charge in [-0.3, -0.25) is 14.4 Å². The number of amides is 2. The molecule has 6 nitrogen and oxygen atoms in total. The number of hydrogen-bond donors (Lipinski definition) is 2. The van der Waals surface area contributed by atoms with Gasteiger partial charge in [0.15, 0.2) is 0 Å². The highest BCUT2D eigenvalue weighted by Gasteiger charge is 2.20. The Morgan fingerprint density at radius 1 is 1.29 bits per heavy atom. The van der Waals surface area contributed by atoms with Crippen LogP contribution in [0, 0.1) is 13.0 Å². The second-order valence-corrected chi connectivity index (χ2v) is 4.12. The molecule has 2 amide bonds. The Kier molecular flexibility index (Phi) is 6.93. The lowest BCUT2D eigenvalue weighted by atomic mass is 10.0. The molecule has 17 heavy (non-hydrogen) atoms. The summed E-state index contributed by atoms with van der Waals surface area (Å²) >= 11 is 0. The lowest BCUT2D eigenvalue weighted by Crippen LogP contribution is -2.47. The molecule has 0 aliphatic carbocycles. The molecule has 1 atom stereocenters. The minimum Gasteiger partial charge on any atom is -0.461 e. The van der Waals surface area contributed by atoms with Gasteiger partial charge < -0.3 is 15.4 Å². The quantitative estimate of drug-likeness (QED) is 0.642. The van der Waals surface area contributed by atoms with Crippen molar-refractivity contribution in [1.82, 2.24) is 10.6 Å². The monoisotopic (exact) mass is 243 g/mol. The fourth-order valence-corrected chi connectivity index (χ4v) is 1.28. The standard InChI is InChI=1S/C11H19N2O4/c1-7(2)5-9(13-8(3)14)11(16)12-6-10(15)17-4/h7,9H,4-6H2,1-3H3,(H,12,16)(H,13,14)/t9-/m0/s1. The molecule has 0 aliphatic heterocycles. The predicted molar refractivity (Wildman–Crippen MR) is 61.5 cm³/mol. The Hall–Kier alpha value is -1.59. The fourth-order valence-electron chi connectivity index (χ4n) is 1.28. The molecule has 0 bridgehead atoms. The Labute approximate surface area is 101 Å². The van der Waals surface area contributed by atoms with Crippen LogP contribution >= 0.6 is 0 Å². The molecule has 0 rings (SSSR count). The molecule has 0 heterocycles. The van der Waals surface area contributed by atoms with Crippen molar-refractivity contribution in [3.8, 4) is 0 Å². The van der Waals surface area contributed by atoms with Gasteiger partial charge in [-0.1, -0.05) is 13.8 Å². The van der Waals surface area contributed by atoms with Crippen LogP contribution in [0.15, 0.2) is 0 Å². The molecule has 0 aromatic rings. The number of nitrogens with one attached hydrogen (secondary N) is 2. The van der Waals surface area contributed by atoms with Gasteiger partial charge in [-0.05, 0) is 12.3 Å². The Balaban J connectivity index is 4.31. The van der Waals surface area contributed by atoms with E-state index in [0.717, 1.165) is 0 Å². The minimum absolute atomic E-state index is 0.248. The maximum absolute atomic E-state index is 11.7. The number of carbonyl (C=O) groups is 3. The molecule has 2 N–H and O–H groups in total. The van der Waals surface area contributed by atoms with E-state index in [1.165, 1.54) is 6.92 Å². The second kappa shape index (κ2) is 7.65. The average molecular weight is 243 g/mol. The van der Waals surface area contributed by atoms with Crippen LogP contribution in [0.2, 0.25) is 0 Å². The van der Waals surface area contributed by atoms with Crippen LogP contribution in [0.3, 0.4) is 0 Å². The highest BCUT2D eigenvalue weighted by Crippen LogP contribution is 2.04. The highest BCUT2D eigenvalue weighted by atomic mass is 16.5. The summed E-state index contributed by atoms with van der Waals surface area (Å²) in [4.78, 5) is 33.4. The number of rotatable bonds is 6. The van der Waals surface area contributed by atoms with Crippen molar-refractivity contribution in [3.63, 3.8) is 0 Å². The first kappa shape index (κ1) is 15.4. The number of carbonyl (C=O) groups excluding carboxylic acids is 3. The average Bonchev–Trinajstić information content (AvgIpc) is 2.23. The Morgan fingerprint density at radius 3 is 2.29 bits per heavy atom. The molecule has 97 valence electrons. The maximum Gasteiger partial charge on any atom is 0.325 e. The lowest BCUT2D eigenvalue weighted by Gasteiger charge is -2.18. The van der Waals surface area contributed by atoms with E-state index in [1.807, 2.05) is 13.8 Å². The minimum atomic E-state index is -0.635. The number of esters is 1. The molecular weight excluding hydrogens is 224 g/mol. The highest BCUT2D eigenvalue weighted by molar-refractivity contribution is 5.89. The molecule has 0 saturated carbocycles. The van der Waals surface area contributed by atoms with Crippen molar-refractivity contribution in [2.24, 2.45) is 5.92 Å². The van der Waals surface area contributed by atoms with E-state index in [-0.39, 0.29) is 18.4 Å². The first-order valence-electron chi connectivity index (χ1n) is 5.36. The van der Waals surface area contributed by atoms with Crippen LogP contribution in [-0.2, 0) is 19.1 Å². The van der Waals surface area contributed by atoms with E-state index in [2.05, 4.69) is 22.5 Å². The smallest absolute Gasteiger partial charge is 0.325 e. The lowest BCUT2D eigenvalue weighted by molar-refractivity contribution is -0.139. The summed E-state index contributed by atoms with van der Waals surface area (Å²) in [5.74, 6) is -1.08. The number of ether oxygens (including phenoxy) is 1. The topological polar surface area (TPSA) is 84.5 Å². The molecule has 0 aromatic carbocycles. The van der Waals surface area contributed by atoms with Crippen LogP contribution in [0.1, 0.15) is 27.2 Å². The van der Waals surface area contributed by atoms with E-state index in [9.17, 15) is 14.4 Å². The van der Waals surface area contributed by atoms with Crippen LogP contribution in [-0.4, -0.2) is 30.4 Å². The van der Waals surface area contributed by atoms with Crippen molar-refractivity contribution in [3.05, 3.63) is 7.11 Å². The molecular formula is C11H19N2O4. The van der Waals surface area contributed by atoms with Gasteiger partial charge >= 0.3 is 5.97 Å². The zero-order valence-electron chi connectivity index (χ0n) is 10.4. The van der Waals surface area contributed by atoms with Gasteiger partial charge in [0.25, 0.3) is 0 Å². The molecule has 6 heteroatoms. The van der Waals surface area contributed by atoms with Crippen molar-refractivity contribution >= 4 is 17.8 Å². The van der Waals surface area contributed by atoms with Crippen LogP contribution in [0.5, 0.6) is 0 Å². The van der Waals surface area contributed by atoms with E-state index in [1.54, 1.807) is 0 Å². The summed E-state index contributed by atoms with van der Waals surface area (Å²) in [6.45, 7) is 4.96. The molecule has 0 unspecified atom stereocenters. The molecule has 0 saturated heterocycles. The SMILES string of the molecule is [CH2]OC(=O)CNC(=O)[C@H](CC(C)C)NC(C)=O. The van der Waals surface area contributed by atoms with E-state index in [0.29, 0.717) is 6.42 Å². The molecule has 0 fully saturated rings. The molecule has 0 spiro atoms. The van der Waals surface area contributed by atoms with Crippen molar-refractivity contribution in [2.45, 2.75) is 33.2 Å². The first-order chi connectivity index (χ1) is 7.86. The van der Waals surface area contributed by atoms with Gasteiger partial charge in [-0.2, -0.15) is 0 Å². The van der Waals surface area contributed by atoms with Crippen LogP contribution in [0.4, 0.5) is 0 Å². The molecule has 0 aromatic heterocycles. The van der Waals surface area contributed by atoms with Gasteiger partial charge in [-0.25, -0.2) is 0 Å². The van der Waals surface area contributed by atoms with Crippen LogP contribution < -0.4 is 10.6 Å². The summed E-state index contributed by atoms with van der Waals surface area (Å²) in [6.07, 6.45) is 0.505. The van der Waals surface area contributed by atoms with Crippen LogP contribution in [0.25, 0.3) is 0 Å². The normalized spacial score (nSPS) is 11.8. The van der Waals surface area contributed by atoms with Gasteiger partial charge in [0.05, 0.1) is 0 Å². The summed E-state index contributed by atoms with van der Waals surface area (Å²) < 4.78 is 4.15. The zero-order chi connectivity index (χ0) is 13.4. The third-order valence-electron chi connectivity index (χ3n) is 1.97. The van der Waals surface area contributed by atoms with Crippen molar-refractivity contribution in [2.75, 3.05) is 6.54 Å². The summed E-state index contributed by atoms with van der Waals surface area (Å²) in [6, 6.07) is -0.634. The fraction of sp³-hybridized carbons (Fsp3) is 0.636. The van der Waals surface area contributed by atoms with Gasteiger partial charge in [0, 0.05) is 6.92 Å². The van der Waals surface area contributed by atoms with Crippen molar-refractivity contribution < 1.29 is 19.1 Å². The van der Waals surface area contributed by atoms with Gasteiger partial charge in [-0.15, -0.1) is 0 Å². The predicted octanol–water partition coefficient (Wildman–Crippen LogP) is -0.0118. The first-order valence-corrected chi connectivity index (χ1v) is 5.36.